The summed E-state index contributed by atoms with van der Waals surface area (Å²) in [5.74, 6) is 0. The normalized spacial score (nSPS) is 11.7. The van der Waals surface area contributed by atoms with Crippen molar-refractivity contribution in [2.75, 3.05) is 0 Å². The van der Waals surface area contributed by atoms with E-state index in [1.807, 2.05) is 122 Å². The molecule has 0 aliphatic rings. The molecule has 4 aromatic heterocycles. The van der Waals surface area contributed by atoms with Crippen molar-refractivity contribution < 1.29 is 0 Å². The van der Waals surface area contributed by atoms with Crippen LogP contribution in [0, 0.1) is 22.7 Å². The van der Waals surface area contributed by atoms with Crippen molar-refractivity contribution in [1.82, 2.24) is 19.9 Å². The Labute approximate surface area is 435 Å². The average molecular weight is 959 g/mol. The lowest BCUT2D eigenvalue weighted by molar-refractivity contribution is 1.22. The molecule has 6 heteroatoms. The van der Waals surface area contributed by atoms with E-state index in [1.165, 1.54) is 0 Å². The first-order chi connectivity index (χ1) is 37.0. The molecule has 0 aliphatic carbocycles. The Morgan fingerprint density at radius 3 is 1.27 bits per heavy atom. The second-order valence-electron chi connectivity index (χ2n) is 18.4. The smallest absolute Gasteiger partial charge is 0.102 e. The molecule has 4 heterocycles. The molecule has 0 bridgehead atoms. The Hall–Kier alpha value is -10.1. The molecule has 0 amide bonds. The highest BCUT2D eigenvalue weighted by atomic mass is 14.8. The van der Waals surface area contributed by atoms with Crippen LogP contribution in [0.25, 0.3) is 127 Å². The van der Waals surface area contributed by atoms with E-state index in [0.29, 0.717) is 33.5 Å². The third-order valence-electron chi connectivity index (χ3n) is 13.9. The molecular weight excluding hydrogens is 913 g/mol. The van der Waals surface area contributed by atoms with Crippen LogP contribution in [-0.2, 0) is 0 Å². The molecule has 0 radical (unpaired) electrons. The van der Waals surface area contributed by atoms with E-state index in [4.69, 9.17) is 19.9 Å². The van der Waals surface area contributed by atoms with E-state index in [2.05, 4.69) is 134 Å². The van der Waals surface area contributed by atoms with E-state index < -0.39 is 0 Å². The van der Waals surface area contributed by atoms with Gasteiger partial charge in [-0.15, -0.1) is 0 Å². The molecule has 0 unspecified atom stereocenters. The first kappa shape index (κ1) is 46.0. The quantitative estimate of drug-likeness (QED) is 0.1000. The van der Waals surface area contributed by atoms with Crippen LogP contribution in [0.2, 0.25) is 0 Å². The van der Waals surface area contributed by atoms with Gasteiger partial charge in [0.15, 0.2) is 0 Å². The minimum absolute atomic E-state index is 0.436. The lowest BCUT2D eigenvalue weighted by atomic mass is 9.87. The highest BCUT2D eigenvalue weighted by molar-refractivity contribution is 6.17. The van der Waals surface area contributed by atoms with Gasteiger partial charge in [-0.1, -0.05) is 219 Å². The molecule has 0 fully saturated rings. The summed E-state index contributed by atoms with van der Waals surface area (Å²) >= 11 is 0. The van der Waals surface area contributed by atoms with E-state index in [1.54, 1.807) is 0 Å². The fourth-order valence-corrected chi connectivity index (χ4v) is 10.6. The lowest BCUT2D eigenvalue weighted by Crippen LogP contribution is -2.01. The molecule has 0 N–H and O–H groups in total. The summed E-state index contributed by atoms with van der Waals surface area (Å²) in [4.78, 5) is 21.8. The molecule has 8 aromatic carbocycles. The number of aromatic nitrogens is 4. The standard InChI is InChI=1S/C69H46N6/c1-3-21-46(22-4-2)60-40-56(44-23-10-5-11-24-44)52-35-37-54-62(58(42-70)64(48-29-16-8-17-30-48)74-68(54)66(52)72-60)50-33-20-34-51(39-50)63-55-38-36-53-57(45-25-12-6-13-26-45)41-61(47-27-14-7-15-28-47)73-67(53)69(55)75-65(59(63)43-71)49-31-18-9-19-32-49/h3,5-41H,4H2,1-2H3/b21-3-,46-22+. The van der Waals surface area contributed by atoms with Crippen LogP contribution >= 0.6 is 0 Å². The number of hydrogen-bond acceptors (Lipinski definition) is 6. The topological polar surface area (TPSA) is 99.1 Å². The van der Waals surface area contributed by atoms with Gasteiger partial charge < -0.3 is 0 Å². The number of allylic oxidation sites excluding steroid dienone is 4. The summed E-state index contributed by atoms with van der Waals surface area (Å²) in [6, 6.07) is 77.1. The molecule has 0 atom stereocenters. The van der Waals surface area contributed by atoms with E-state index in [9.17, 15) is 10.5 Å². The van der Waals surface area contributed by atoms with Crippen LogP contribution in [-0.4, -0.2) is 19.9 Å². The lowest BCUT2D eigenvalue weighted by Gasteiger charge is -2.19. The van der Waals surface area contributed by atoms with Gasteiger partial charge in [0.1, 0.15) is 12.1 Å². The monoisotopic (exact) mass is 958 g/mol. The zero-order valence-electron chi connectivity index (χ0n) is 41.3. The predicted octanol–water partition coefficient (Wildman–Crippen LogP) is 17.7. The Morgan fingerprint density at radius 1 is 0.413 bits per heavy atom. The van der Waals surface area contributed by atoms with Gasteiger partial charge in [-0.05, 0) is 70.5 Å². The predicted molar refractivity (Wildman–Crippen MR) is 308 cm³/mol. The van der Waals surface area contributed by atoms with Gasteiger partial charge in [0.2, 0.25) is 0 Å². The zero-order chi connectivity index (χ0) is 50.8. The maximum absolute atomic E-state index is 11.4. The summed E-state index contributed by atoms with van der Waals surface area (Å²) in [7, 11) is 0. The largest absolute Gasteiger partial charge is 0.245 e. The molecular formula is C69H46N6. The molecule has 6 nitrogen and oxygen atoms in total. The van der Waals surface area contributed by atoms with Crippen molar-refractivity contribution in [1.29, 1.82) is 10.5 Å². The van der Waals surface area contributed by atoms with Crippen molar-refractivity contribution in [2.24, 2.45) is 0 Å². The third-order valence-corrected chi connectivity index (χ3v) is 13.9. The molecule has 0 saturated heterocycles. The summed E-state index contributed by atoms with van der Waals surface area (Å²) in [5.41, 5.74) is 17.3. The molecule has 12 rings (SSSR count). The Balaban J connectivity index is 1.18. The number of pyridine rings is 4. The SMILES string of the molecule is C/C=C\C(=C/CC)c1cc(-c2ccccc2)c2ccc3c(-c4cccc(-c5c(C#N)c(-c6ccccc6)nc6c5ccc5c(-c7ccccc7)cc(-c7ccccc7)nc56)c4)c(C#N)c(-c4ccccc4)nc3c2n1. The van der Waals surface area contributed by atoms with Crippen LogP contribution in [0.5, 0.6) is 0 Å². The van der Waals surface area contributed by atoms with Crippen molar-refractivity contribution in [3.63, 3.8) is 0 Å². The first-order valence-electron chi connectivity index (χ1n) is 25.2. The third kappa shape index (κ3) is 8.27. The number of nitriles is 2. The molecule has 0 aliphatic heterocycles. The number of hydrogen-bond donors (Lipinski definition) is 0. The zero-order valence-corrected chi connectivity index (χ0v) is 41.3. The van der Waals surface area contributed by atoms with Gasteiger partial charge in [0.05, 0.1) is 56.0 Å². The molecule has 352 valence electrons. The van der Waals surface area contributed by atoms with Crippen molar-refractivity contribution in [3.05, 3.63) is 247 Å². The minimum Gasteiger partial charge on any atom is -0.245 e. The number of benzene rings is 8. The summed E-state index contributed by atoms with van der Waals surface area (Å²) in [6.07, 6.45) is 7.19. The second-order valence-corrected chi connectivity index (χ2v) is 18.4. The van der Waals surface area contributed by atoms with Crippen molar-refractivity contribution in [2.45, 2.75) is 20.3 Å². The summed E-state index contributed by atoms with van der Waals surface area (Å²) in [6.45, 7) is 4.16. The molecule has 12 aromatic rings. The number of fused-ring (bicyclic) bond motifs is 6. The van der Waals surface area contributed by atoms with Crippen molar-refractivity contribution in [3.8, 4) is 90.4 Å². The summed E-state index contributed by atoms with van der Waals surface area (Å²) in [5, 5.41) is 26.3. The Kier molecular flexibility index (Phi) is 12.1. The van der Waals surface area contributed by atoms with Gasteiger partial charge in [-0.25, -0.2) is 19.9 Å². The summed E-state index contributed by atoms with van der Waals surface area (Å²) < 4.78 is 0. The molecule has 0 spiro atoms. The van der Waals surface area contributed by atoms with E-state index in [0.717, 1.165) is 117 Å². The fourth-order valence-electron chi connectivity index (χ4n) is 10.6. The number of nitrogens with zero attached hydrogens (tertiary/aromatic N) is 6. The van der Waals surface area contributed by atoms with Crippen LogP contribution < -0.4 is 0 Å². The van der Waals surface area contributed by atoms with Crippen molar-refractivity contribution >= 4 is 49.2 Å². The Morgan fingerprint density at radius 2 is 0.813 bits per heavy atom. The maximum Gasteiger partial charge on any atom is 0.102 e. The van der Waals surface area contributed by atoms with E-state index >= 15 is 0 Å². The van der Waals surface area contributed by atoms with Crippen LogP contribution in [0.4, 0.5) is 0 Å². The van der Waals surface area contributed by atoms with Gasteiger partial charge in [-0.2, -0.15) is 10.5 Å². The maximum atomic E-state index is 11.4. The van der Waals surface area contributed by atoms with Gasteiger partial charge >= 0.3 is 0 Å². The Bertz CT molecular complexity index is 4330. The fraction of sp³-hybridized carbons (Fsp3) is 0.0435. The highest BCUT2D eigenvalue weighted by Gasteiger charge is 2.25. The van der Waals surface area contributed by atoms with Crippen LogP contribution in [0.15, 0.2) is 231 Å². The van der Waals surface area contributed by atoms with Crippen LogP contribution in [0.1, 0.15) is 37.1 Å². The first-order valence-corrected chi connectivity index (χ1v) is 25.2. The average Bonchev–Trinajstić information content (AvgIpc) is 3.50. The number of rotatable bonds is 10. The molecule has 75 heavy (non-hydrogen) atoms. The second kappa shape index (κ2) is 19.8. The molecule has 0 saturated carbocycles. The van der Waals surface area contributed by atoms with Gasteiger partial charge in [0.25, 0.3) is 0 Å². The minimum atomic E-state index is 0.436. The van der Waals surface area contributed by atoms with Crippen LogP contribution in [0.3, 0.4) is 0 Å². The highest BCUT2D eigenvalue weighted by Crippen LogP contribution is 2.45. The van der Waals surface area contributed by atoms with Gasteiger partial charge in [0, 0.05) is 49.4 Å². The van der Waals surface area contributed by atoms with E-state index in [-0.39, 0.29) is 0 Å². The van der Waals surface area contributed by atoms with Gasteiger partial charge in [-0.3, -0.25) is 0 Å².